The molecule has 0 aromatic heterocycles. The molecule has 4 heteroatoms. The predicted octanol–water partition coefficient (Wildman–Crippen LogP) is 2.16. The summed E-state index contributed by atoms with van der Waals surface area (Å²) >= 11 is 7.67. The average Bonchev–Trinajstić information content (AvgIpc) is 1.88. The molecule has 0 rings (SSSR count). The molecule has 0 spiro atoms. The van der Waals surface area contributed by atoms with E-state index in [1.807, 2.05) is 4.31 Å². The standard InChI is InChI=1S/C5H7ClINS/c1-2-4-8(9-7)5-3-6/h1H,3-5H2. The van der Waals surface area contributed by atoms with Crippen molar-refractivity contribution in [2.75, 3.05) is 19.0 Å². The van der Waals surface area contributed by atoms with Crippen LogP contribution < -0.4 is 0 Å². The molecule has 0 aliphatic carbocycles. The second-order valence-corrected chi connectivity index (χ2v) is 3.54. The van der Waals surface area contributed by atoms with E-state index in [0.29, 0.717) is 12.4 Å². The maximum atomic E-state index is 5.48. The van der Waals surface area contributed by atoms with Gasteiger partial charge in [-0.3, -0.25) is 0 Å². The number of hydrogen-bond donors (Lipinski definition) is 0. The summed E-state index contributed by atoms with van der Waals surface area (Å²) in [6.07, 6.45) is 5.08. The van der Waals surface area contributed by atoms with Gasteiger partial charge in [0.15, 0.2) is 0 Å². The number of halogens is 2. The lowest BCUT2D eigenvalue weighted by Gasteiger charge is -2.11. The summed E-state index contributed by atoms with van der Waals surface area (Å²) in [5, 5.41) is 0. The zero-order valence-corrected chi connectivity index (χ0v) is 8.54. The molecule has 0 radical (unpaired) electrons. The van der Waals surface area contributed by atoms with Gasteiger partial charge in [0.1, 0.15) is 0 Å². The van der Waals surface area contributed by atoms with E-state index in [9.17, 15) is 0 Å². The predicted molar refractivity (Wildman–Crippen MR) is 52.7 cm³/mol. The second kappa shape index (κ2) is 7.00. The van der Waals surface area contributed by atoms with Gasteiger partial charge in [0.2, 0.25) is 0 Å². The molecule has 0 bridgehead atoms. The third-order valence-electron chi connectivity index (χ3n) is 0.699. The van der Waals surface area contributed by atoms with Crippen LogP contribution in [0.2, 0.25) is 0 Å². The van der Waals surface area contributed by atoms with Gasteiger partial charge in [-0.15, -0.1) is 18.0 Å². The third kappa shape index (κ3) is 5.34. The topological polar surface area (TPSA) is 3.24 Å². The van der Waals surface area contributed by atoms with Crippen molar-refractivity contribution in [1.82, 2.24) is 4.31 Å². The molecule has 0 aliphatic rings. The summed E-state index contributed by atoms with van der Waals surface area (Å²) in [5.41, 5.74) is 0. The first-order chi connectivity index (χ1) is 4.35. The number of nitrogens with zero attached hydrogens (tertiary/aromatic N) is 1. The van der Waals surface area contributed by atoms with Crippen LogP contribution in [0.5, 0.6) is 0 Å². The van der Waals surface area contributed by atoms with Gasteiger partial charge in [-0.05, 0) is 9.12 Å². The summed E-state index contributed by atoms with van der Waals surface area (Å²) in [6.45, 7) is 1.51. The molecule has 0 aromatic carbocycles. The van der Waals surface area contributed by atoms with E-state index in [0.717, 1.165) is 6.54 Å². The minimum absolute atomic E-state index is 0.637. The number of alkyl halides is 1. The molecule has 0 heterocycles. The molecular weight excluding hydrogens is 268 g/mol. The Morgan fingerprint density at radius 2 is 2.44 bits per heavy atom. The molecule has 0 fully saturated rings. The van der Waals surface area contributed by atoms with Gasteiger partial charge < -0.3 is 0 Å². The maximum absolute atomic E-state index is 5.48. The van der Waals surface area contributed by atoms with Gasteiger partial charge in [0.25, 0.3) is 0 Å². The molecule has 0 unspecified atom stereocenters. The summed E-state index contributed by atoms with van der Waals surface area (Å²) in [5.74, 6) is 3.18. The molecule has 0 atom stereocenters. The SMILES string of the molecule is C#CCN(CCCl)SI. The van der Waals surface area contributed by atoms with Gasteiger partial charge in [-0.2, -0.15) is 0 Å². The Hall–Kier alpha value is 0.890. The van der Waals surface area contributed by atoms with E-state index in [4.69, 9.17) is 18.0 Å². The molecule has 0 aliphatic heterocycles. The van der Waals surface area contributed by atoms with Crippen molar-refractivity contribution in [3.63, 3.8) is 0 Å². The molecule has 52 valence electrons. The molecular formula is C5H7ClINS. The molecule has 0 amide bonds. The van der Waals surface area contributed by atoms with Crippen LogP contribution in [-0.4, -0.2) is 23.3 Å². The first-order valence-corrected chi connectivity index (χ1v) is 6.23. The van der Waals surface area contributed by atoms with Crippen LogP contribution in [0, 0.1) is 12.3 Å². The smallest absolute Gasteiger partial charge is 0.0706 e. The lowest BCUT2D eigenvalue weighted by molar-refractivity contribution is 0.569. The van der Waals surface area contributed by atoms with E-state index >= 15 is 0 Å². The highest BCUT2D eigenvalue weighted by Gasteiger charge is 1.98. The highest BCUT2D eigenvalue weighted by Crippen LogP contribution is 2.16. The van der Waals surface area contributed by atoms with Crippen molar-refractivity contribution in [2.45, 2.75) is 0 Å². The van der Waals surface area contributed by atoms with Crippen LogP contribution in [0.1, 0.15) is 0 Å². The van der Waals surface area contributed by atoms with Crippen LogP contribution >= 0.6 is 41.9 Å². The highest BCUT2D eigenvalue weighted by atomic mass is 127. The Balaban J connectivity index is 3.32. The molecule has 1 nitrogen and oxygen atoms in total. The van der Waals surface area contributed by atoms with Crippen LogP contribution in [-0.2, 0) is 0 Å². The quantitative estimate of drug-likeness (QED) is 0.335. The van der Waals surface area contributed by atoms with E-state index in [1.165, 1.54) is 0 Å². The second-order valence-electron chi connectivity index (χ2n) is 1.33. The Kier molecular flexibility index (Phi) is 7.69. The van der Waals surface area contributed by atoms with Crippen molar-refractivity contribution in [3.8, 4) is 12.3 Å². The van der Waals surface area contributed by atoms with Crippen LogP contribution in [0.4, 0.5) is 0 Å². The van der Waals surface area contributed by atoms with E-state index < -0.39 is 0 Å². The maximum Gasteiger partial charge on any atom is 0.0706 e. The van der Waals surface area contributed by atoms with Crippen molar-refractivity contribution >= 4 is 41.9 Å². The Bertz CT molecular complexity index is 104. The minimum Gasteiger partial charge on any atom is -0.228 e. The Labute approximate surface area is 77.2 Å². The van der Waals surface area contributed by atoms with Crippen LogP contribution in [0.15, 0.2) is 0 Å². The van der Waals surface area contributed by atoms with Gasteiger partial charge in [0, 0.05) is 33.6 Å². The third-order valence-corrected chi connectivity index (χ3v) is 3.05. The van der Waals surface area contributed by atoms with Crippen molar-refractivity contribution < 1.29 is 0 Å². The van der Waals surface area contributed by atoms with Crippen LogP contribution in [0.25, 0.3) is 0 Å². The number of terminal acetylenes is 1. The zero-order chi connectivity index (χ0) is 7.11. The Morgan fingerprint density at radius 1 is 1.78 bits per heavy atom. The van der Waals surface area contributed by atoms with Crippen molar-refractivity contribution in [3.05, 3.63) is 0 Å². The largest absolute Gasteiger partial charge is 0.228 e. The number of rotatable bonds is 4. The fourth-order valence-corrected chi connectivity index (χ4v) is 1.93. The minimum atomic E-state index is 0.637. The fraction of sp³-hybridized carbons (Fsp3) is 0.600. The van der Waals surface area contributed by atoms with Crippen LogP contribution in [0.3, 0.4) is 0 Å². The molecule has 0 saturated carbocycles. The van der Waals surface area contributed by atoms with Gasteiger partial charge in [-0.25, -0.2) is 4.31 Å². The molecule has 0 N–H and O–H groups in total. The van der Waals surface area contributed by atoms with Gasteiger partial charge in [0.05, 0.1) is 6.54 Å². The van der Waals surface area contributed by atoms with E-state index in [1.54, 1.807) is 9.12 Å². The summed E-state index contributed by atoms with van der Waals surface area (Å²) < 4.78 is 2.02. The van der Waals surface area contributed by atoms with Gasteiger partial charge in [-0.1, -0.05) is 5.92 Å². The van der Waals surface area contributed by atoms with Crippen molar-refractivity contribution in [2.24, 2.45) is 0 Å². The highest BCUT2D eigenvalue weighted by molar-refractivity contribution is 14.2. The van der Waals surface area contributed by atoms with Gasteiger partial charge >= 0.3 is 0 Å². The van der Waals surface area contributed by atoms with E-state index in [-0.39, 0.29) is 0 Å². The lowest BCUT2D eigenvalue weighted by Crippen LogP contribution is -2.16. The monoisotopic (exact) mass is 275 g/mol. The Morgan fingerprint density at radius 3 is 2.78 bits per heavy atom. The van der Waals surface area contributed by atoms with Crippen molar-refractivity contribution in [1.29, 1.82) is 0 Å². The first-order valence-electron chi connectivity index (χ1n) is 2.38. The first kappa shape index (κ1) is 9.89. The molecule has 0 saturated heterocycles. The fourth-order valence-electron chi connectivity index (χ4n) is 0.334. The normalized spacial score (nSPS) is 9.56. The lowest BCUT2D eigenvalue weighted by atomic mass is 10.6. The summed E-state index contributed by atoms with van der Waals surface area (Å²) in [6, 6.07) is 0. The van der Waals surface area contributed by atoms with E-state index in [2.05, 4.69) is 27.1 Å². The summed E-state index contributed by atoms with van der Waals surface area (Å²) in [4.78, 5) is 0. The number of hydrogen-bond acceptors (Lipinski definition) is 2. The summed E-state index contributed by atoms with van der Waals surface area (Å²) in [7, 11) is 1.60. The zero-order valence-electron chi connectivity index (χ0n) is 4.81. The average molecular weight is 276 g/mol. The molecule has 9 heavy (non-hydrogen) atoms. The molecule has 0 aromatic rings.